The van der Waals surface area contributed by atoms with Crippen LogP contribution in [0.1, 0.15) is 37.7 Å². The highest BCUT2D eigenvalue weighted by Gasteiger charge is 2.12. The zero-order valence-electron chi connectivity index (χ0n) is 9.73. The molecule has 1 aromatic heterocycles. The van der Waals surface area contributed by atoms with Crippen LogP contribution in [0.25, 0.3) is 0 Å². The first-order valence-corrected chi connectivity index (χ1v) is 6.36. The van der Waals surface area contributed by atoms with Crippen LogP contribution in [0.3, 0.4) is 0 Å². The van der Waals surface area contributed by atoms with E-state index >= 15 is 0 Å². The molecular weight excluding hydrogens is 222 g/mol. The van der Waals surface area contributed by atoms with Crippen LogP contribution in [0.2, 0.25) is 0 Å². The number of hydrogen-bond donors (Lipinski definition) is 3. The third kappa shape index (κ3) is 3.79. The molecule has 0 spiro atoms. The maximum Gasteiger partial charge on any atom is 0.206 e. The van der Waals surface area contributed by atoms with E-state index in [1.807, 2.05) is 11.6 Å². The fraction of sp³-hybridized carbons (Fsp3) is 0.600. The van der Waals surface area contributed by atoms with Gasteiger partial charge in [0.15, 0.2) is 0 Å². The lowest BCUT2D eigenvalue weighted by molar-refractivity contribution is 0.605. The van der Waals surface area contributed by atoms with E-state index < -0.39 is 0 Å². The van der Waals surface area contributed by atoms with Crippen molar-refractivity contribution in [2.75, 3.05) is 6.54 Å². The molecule has 0 radical (unpaired) electrons. The van der Waals surface area contributed by atoms with Gasteiger partial charge < -0.3 is 5.32 Å². The second kappa shape index (κ2) is 7.19. The number of aromatic nitrogens is 1. The fourth-order valence-corrected chi connectivity index (χ4v) is 2.04. The van der Waals surface area contributed by atoms with Gasteiger partial charge in [0, 0.05) is 18.1 Å². The van der Waals surface area contributed by atoms with Gasteiger partial charge in [-0.2, -0.15) is 0 Å². The van der Waals surface area contributed by atoms with Gasteiger partial charge in [0.05, 0.1) is 6.04 Å². The van der Waals surface area contributed by atoms with Gasteiger partial charge in [0.25, 0.3) is 0 Å². The molecule has 1 heterocycles. The molecule has 1 atom stereocenters. The van der Waals surface area contributed by atoms with E-state index in [4.69, 9.17) is 5.84 Å². The van der Waals surface area contributed by atoms with Crippen molar-refractivity contribution >= 4 is 17.3 Å². The number of aliphatic imine (C=N–C) groups is 1. The van der Waals surface area contributed by atoms with Gasteiger partial charge in [-0.15, -0.1) is 11.3 Å². The topological polar surface area (TPSA) is 75.3 Å². The van der Waals surface area contributed by atoms with Crippen LogP contribution in [0, 0.1) is 0 Å². The van der Waals surface area contributed by atoms with Gasteiger partial charge in [0.1, 0.15) is 5.01 Å². The summed E-state index contributed by atoms with van der Waals surface area (Å²) in [7, 11) is 0. The molecule has 4 N–H and O–H groups in total. The lowest BCUT2D eigenvalue weighted by atomic mass is 10.2. The smallest absolute Gasteiger partial charge is 0.206 e. The van der Waals surface area contributed by atoms with Crippen LogP contribution in [-0.4, -0.2) is 17.5 Å². The van der Waals surface area contributed by atoms with Crippen LogP contribution >= 0.6 is 11.3 Å². The molecule has 6 heteroatoms. The zero-order chi connectivity index (χ0) is 11.8. The Kier molecular flexibility index (Phi) is 5.81. The summed E-state index contributed by atoms with van der Waals surface area (Å²) in [5.41, 5.74) is 2.58. The first kappa shape index (κ1) is 12.9. The van der Waals surface area contributed by atoms with Gasteiger partial charge >= 0.3 is 0 Å². The molecule has 0 saturated carbocycles. The summed E-state index contributed by atoms with van der Waals surface area (Å²) in [5.74, 6) is 6.04. The molecule has 1 unspecified atom stereocenters. The van der Waals surface area contributed by atoms with E-state index in [9.17, 15) is 0 Å². The minimum atomic E-state index is 0.173. The summed E-state index contributed by atoms with van der Waals surface area (Å²) in [4.78, 5) is 8.59. The molecule has 0 aromatic carbocycles. The van der Waals surface area contributed by atoms with E-state index in [0.29, 0.717) is 5.96 Å². The molecule has 0 aliphatic carbocycles. The normalized spacial score (nSPS) is 13.6. The van der Waals surface area contributed by atoms with E-state index in [1.165, 1.54) is 0 Å². The van der Waals surface area contributed by atoms with Gasteiger partial charge in [-0.05, 0) is 12.8 Å². The average molecular weight is 241 g/mol. The molecule has 16 heavy (non-hydrogen) atoms. The number of guanidine groups is 1. The molecule has 1 aromatic rings. The molecule has 90 valence electrons. The standard InChI is InChI=1S/C10H19N5S/c1-3-5-13-10(15-11)14-8(4-2)9-12-6-7-16-9/h6-8H,3-5,11H2,1-2H3,(H2,13,14,15). The third-order valence-corrected chi connectivity index (χ3v) is 2.99. The Morgan fingerprint density at radius 2 is 2.44 bits per heavy atom. The fourth-order valence-electron chi connectivity index (χ4n) is 1.27. The summed E-state index contributed by atoms with van der Waals surface area (Å²) in [6, 6.07) is 0.173. The van der Waals surface area contributed by atoms with Gasteiger partial charge in [0.2, 0.25) is 5.96 Å². The van der Waals surface area contributed by atoms with Crippen molar-refractivity contribution in [1.82, 2.24) is 15.7 Å². The second-order valence-electron chi connectivity index (χ2n) is 3.35. The molecule has 1 rings (SSSR count). The number of nitrogens with one attached hydrogen (secondary N) is 2. The van der Waals surface area contributed by atoms with E-state index in [0.717, 1.165) is 24.4 Å². The number of hydrogen-bond acceptors (Lipinski definition) is 4. The molecule has 0 amide bonds. The summed E-state index contributed by atoms with van der Waals surface area (Å²) in [6.45, 7) is 4.95. The summed E-state index contributed by atoms with van der Waals surface area (Å²) in [5, 5.41) is 6.28. The molecule has 0 fully saturated rings. The first-order valence-electron chi connectivity index (χ1n) is 5.48. The lowest BCUT2D eigenvalue weighted by Gasteiger charge is -2.16. The van der Waals surface area contributed by atoms with E-state index in [-0.39, 0.29) is 6.04 Å². The minimum Gasteiger partial charge on any atom is -0.346 e. The van der Waals surface area contributed by atoms with Crippen LogP contribution in [-0.2, 0) is 0 Å². The molecule has 0 aliphatic heterocycles. The third-order valence-electron chi connectivity index (χ3n) is 2.10. The summed E-state index contributed by atoms with van der Waals surface area (Å²) < 4.78 is 0. The largest absolute Gasteiger partial charge is 0.346 e. The van der Waals surface area contributed by atoms with Crippen molar-refractivity contribution in [1.29, 1.82) is 0 Å². The number of thiazole rings is 1. The molecule has 5 nitrogen and oxygen atoms in total. The maximum atomic E-state index is 5.41. The van der Waals surface area contributed by atoms with Crippen molar-refractivity contribution in [3.63, 3.8) is 0 Å². The van der Waals surface area contributed by atoms with Crippen molar-refractivity contribution in [3.05, 3.63) is 16.6 Å². The van der Waals surface area contributed by atoms with Crippen LogP contribution in [0.15, 0.2) is 16.6 Å². The molecule has 0 saturated heterocycles. The van der Waals surface area contributed by atoms with Crippen LogP contribution in [0.5, 0.6) is 0 Å². The van der Waals surface area contributed by atoms with Crippen molar-refractivity contribution in [2.45, 2.75) is 32.7 Å². The lowest BCUT2D eigenvalue weighted by Crippen LogP contribution is -2.43. The van der Waals surface area contributed by atoms with Crippen molar-refractivity contribution in [3.8, 4) is 0 Å². The monoisotopic (exact) mass is 241 g/mol. The van der Waals surface area contributed by atoms with E-state index in [2.05, 4.69) is 34.6 Å². The van der Waals surface area contributed by atoms with Crippen molar-refractivity contribution < 1.29 is 0 Å². The van der Waals surface area contributed by atoms with Gasteiger partial charge in [-0.25, -0.2) is 10.8 Å². The molecule has 0 aliphatic rings. The summed E-state index contributed by atoms with van der Waals surface area (Å²) >= 11 is 1.63. The van der Waals surface area contributed by atoms with Crippen molar-refractivity contribution in [2.24, 2.45) is 10.8 Å². The van der Waals surface area contributed by atoms with E-state index in [1.54, 1.807) is 11.3 Å². The van der Waals surface area contributed by atoms with Crippen LogP contribution in [0.4, 0.5) is 0 Å². The summed E-state index contributed by atoms with van der Waals surface area (Å²) in [6.07, 6.45) is 3.75. The predicted octanol–water partition coefficient (Wildman–Crippen LogP) is 1.41. The number of nitrogens with zero attached hydrogens (tertiary/aromatic N) is 2. The number of rotatable bonds is 5. The average Bonchev–Trinajstić information content (AvgIpc) is 2.83. The zero-order valence-corrected chi connectivity index (χ0v) is 10.5. The Bertz CT molecular complexity index is 309. The van der Waals surface area contributed by atoms with Gasteiger partial charge in [-0.1, -0.05) is 13.8 Å². The molecular formula is C10H19N5S. The predicted molar refractivity (Wildman–Crippen MR) is 68.2 cm³/mol. The highest BCUT2D eigenvalue weighted by atomic mass is 32.1. The Morgan fingerprint density at radius 3 is 2.94 bits per heavy atom. The quantitative estimate of drug-likeness (QED) is 0.315. The highest BCUT2D eigenvalue weighted by Crippen LogP contribution is 2.18. The minimum absolute atomic E-state index is 0.173. The molecule has 0 bridgehead atoms. The van der Waals surface area contributed by atoms with Crippen LogP contribution < -0.4 is 16.6 Å². The Labute approximate surface area is 100 Å². The SMILES string of the molecule is CCCN=C(NN)NC(CC)c1nccs1. The highest BCUT2D eigenvalue weighted by molar-refractivity contribution is 7.09. The second-order valence-corrected chi connectivity index (χ2v) is 4.28. The van der Waals surface area contributed by atoms with Gasteiger partial charge in [-0.3, -0.25) is 10.4 Å². The number of nitrogens with two attached hydrogens (primary N) is 1. The Balaban J connectivity index is 2.61. The Morgan fingerprint density at radius 1 is 1.62 bits per heavy atom. The first-order chi connectivity index (χ1) is 7.81. The maximum absolute atomic E-state index is 5.41. The Hall–Kier alpha value is -1.14. The number of hydrazine groups is 1.